The molecule has 3 atom stereocenters. The van der Waals surface area contributed by atoms with Crippen molar-refractivity contribution < 1.29 is 9.53 Å². The number of methoxy groups -OCH3 is 1. The van der Waals surface area contributed by atoms with Gasteiger partial charge in [-0.25, -0.2) is 0 Å². The van der Waals surface area contributed by atoms with Gasteiger partial charge in [0, 0.05) is 11.3 Å². The predicted octanol–water partition coefficient (Wildman–Crippen LogP) is 2.56. The molecule has 3 nitrogen and oxygen atoms in total. The molecule has 0 amide bonds. The van der Waals surface area contributed by atoms with Crippen molar-refractivity contribution in [1.82, 2.24) is 0 Å². The molecule has 2 rings (SSSR count). The van der Waals surface area contributed by atoms with Crippen molar-refractivity contribution >= 4 is 17.7 Å². The van der Waals surface area contributed by atoms with Crippen LogP contribution in [0.15, 0.2) is 30.3 Å². The quantitative estimate of drug-likeness (QED) is 0.861. The van der Waals surface area contributed by atoms with Crippen LogP contribution in [0, 0.1) is 0 Å². The first kappa shape index (κ1) is 14.4. The van der Waals surface area contributed by atoms with Crippen molar-refractivity contribution in [3.63, 3.8) is 0 Å². The van der Waals surface area contributed by atoms with Crippen molar-refractivity contribution in [3.8, 4) is 0 Å². The van der Waals surface area contributed by atoms with Gasteiger partial charge < -0.3 is 10.5 Å². The third-order valence-corrected chi connectivity index (χ3v) is 5.13. The molecule has 0 aliphatic heterocycles. The van der Waals surface area contributed by atoms with Crippen molar-refractivity contribution in [3.05, 3.63) is 35.9 Å². The summed E-state index contributed by atoms with van der Waals surface area (Å²) in [4.78, 5) is 11.2. The highest BCUT2D eigenvalue weighted by Gasteiger charge is 2.29. The highest BCUT2D eigenvalue weighted by atomic mass is 32.2. The molecule has 1 saturated carbocycles. The molecule has 1 fully saturated rings. The van der Waals surface area contributed by atoms with Gasteiger partial charge in [0.2, 0.25) is 0 Å². The smallest absolute Gasteiger partial charge is 0.315 e. The van der Waals surface area contributed by atoms with Gasteiger partial charge in [0.25, 0.3) is 0 Å². The second-order valence-electron chi connectivity index (χ2n) is 5.01. The van der Waals surface area contributed by atoms with Gasteiger partial charge in [-0.3, -0.25) is 4.79 Å². The van der Waals surface area contributed by atoms with Crippen LogP contribution in [-0.4, -0.2) is 30.1 Å². The van der Waals surface area contributed by atoms with Gasteiger partial charge in [-0.05, 0) is 30.7 Å². The number of carbonyl (C=O) groups excluding carboxylic acids is 1. The van der Waals surface area contributed by atoms with Crippen LogP contribution in [0.3, 0.4) is 0 Å². The maximum Gasteiger partial charge on any atom is 0.315 e. The zero-order chi connectivity index (χ0) is 13.7. The Labute approximate surface area is 118 Å². The minimum atomic E-state index is -0.168. The highest BCUT2D eigenvalue weighted by Crippen LogP contribution is 2.37. The largest absolute Gasteiger partial charge is 0.468 e. The van der Waals surface area contributed by atoms with E-state index in [1.165, 1.54) is 12.7 Å². The second-order valence-corrected chi connectivity index (χ2v) is 6.24. The molecule has 2 N–H and O–H groups in total. The third kappa shape index (κ3) is 3.98. The van der Waals surface area contributed by atoms with Crippen molar-refractivity contribution in [1.29, 1.82) is 0 Å². The van der Waals surface area contributed by atoms with Gasteiger partial charge in [-0.2, -0.15) is 0 Å². The van der Waals surface area contributed by atoms with Gasteiger partial charge in [0.15, 0.2) is 0 Å². The Morgan fingerprint density at radius 2 is 2.11 bits per heavy atom. The first-order chi connectivity index (χ1) is 9.20. The van der Waals surface area contributed by atoms with Gasteiger partial charge in [-0.1, -0.05) is 30.3 Å². The lowest BCUT2D eigenvalue weighted by atomic mass is 9.82. The van der Waals surface area contributed by atoms with Crippen LogP contribution in [0.1, 0.15) is 30.7 Å². The standard InChI is InChI=1S/C15H21NO2S/c1-18-15(17)10-19-14-9-12(7-8-13(14)16)11-5-3-2-4-6-11/h2-6,12-14H,7-10,16H2,1H3. The zero-order valence-corrected chi connectivity index (χ0v) is 12.1. The topological polar surface area (TPSA) is 52.3 Å². The number of carbonyl (C=O) groups is 1. The average Bonchev–Trinajstić information content (AvgIpc) is 2.47. The summed E-state index contributed by atoms with van der Waals surface area (Å²) in [6.45, 7) is 0. The van der Waals surface area contributed by atoms with Crippen LogP contribution >= 0.6 is 11.8 Å². The van der Waals surface area contributed by atoms with E-state index in [0.29, 0.717) is 16.9 Å². The number of esters is 1. The summed E-state index contributed by atoms with van der Waals surface area (Å²) in [6, 6.07) is 10.8. The third-order valence-electron chi connectivity index (χ3n) is 3.76. The van der Waals surface area contributed by atoms with E-state index in [2.05, 4.69) is 29.0 Å². The Hall–Kier alpha value is -1.00. The lowest BCUT2D eigenvalue weighted by Crippen LogP contribution is -2.38. The van der Waals surface area contributed by atoms with E-state index in [1.54, 1.807) is 11.8 Å². The lowest BCUT2D eigenvalue weighted by Gasteiger charge is -2.33. The maximum atomic E-state index is 11.2. The van der Waals surface area contributed by atoms with E-state index >= 15 is 0 Å². The van der Waals surface area contributed by atoms with E-state index in [1.807, 2.05) is 6.07 Å². The van der Waals surface area contributed by atoms with E-state index in [0.717, 1.165) is 19.3 Å². The van der Waals surface area contributed by atoms with Crippen LogP contribution < -0.4 is 5.73 Å². The number of hydrogen-bond acceptors (Lipinski definition) is 4. The minimum absolute atomic E-state index is 0.168. The number of thioether (sulfide) groups is 1. The molecule has 1 aromatic rings. The van der Waals surface area contributed by atoms with Crippen molar-refractivity contribution in [2.45, 2.75) is 36.5 Å². The van der Waals surface area contributed by atoms with Crippen LogP contribution in [0.2, 0.25) is 0 Å². The molecule has 0 aromatic heterocycles. The summed E-state index contributed by atoms with van der Waals surface area (Å²) in [5, 5.41) is 0.345. The Bertz CT molecular complexity index is 410. The normalized spacial score (nSPS) is 26.9. The summed E-state index contributed by atoms with van der Waals surface area (Å²) in [7, 11) is 1.43. The number of rotatable bonds is 4. The molecule has 19 heavy (non-hydrogen) atoms. The monoisotopic (exact) mass is 279 g/mol. The molecule has 4 heteroatoms. The molecule has 0 spiro atoms. The molecule has 3 unspecified atom stereocenters. The molecule has 104 valence electrons. The minimum Gasteiger partial charge on any atom is -0.468 e. The Morgan fingerprint density at radius 3 is 2.79 bits per heavy atom. The van der Waals surface area contributed by atoms with Crippen LogP contribution in [0.25, 0.3) is 0 Å². The lowest BCUT2D eigenvalue weighted by molar-refractivity contribution is -0.137. The van der Waals surface area contributed by atoms with Gasteiger partial charge >= 0.3 is 5.97 Å². The van der Waals surface area contributed by atoms with E-state index in [-0.39, 0.29) is 12.0 Å². The van der Waals surface area contributed by atoms with E-state index in [4.69, 9.17) is 5.73 Å². The van der Waals surface area contributed by atoms with Crippen molar-refractivity contribution in [2.24, 2.45) is 5.73 Å². The van der Waals surface area contributed by atoms with Crippen molar-refractivity contribution in [2.75, 3.05) is 12.9 Å². The van der Waals surface area contributed by atoms with E-state index < -0.39 is 0 Å². The maximum absolute atomic E-state index is 11.2. The number of ether oxygens (including phenoxy) is 1. The summed E-state index contributed by atoms with van der Waals surface area (Å²) in [5.41, 5.74) is 7.56. The summed E-state index contributed by atoms with van der Waals surface area (Å²) < 4.78 is 4.69. The predicted molar refractivity (Wildman–Crippen MR) is 79.3 cm³/mol. The molecule has 0 radical (unpaired) electrons. The summed E-state index contributed by atoms with van der Waals surface area (Å²) >= 11 is 1.64. The molecule has 0 bridgehead atoms. The molecular weight excluding hydrogens is 258 g/mol. The molecule has 1 aliphatic carbocycles. The molecular formula is C15H21NO2S. The SMILES string of the molecule is COC(=O)CSC1CC(c2ccccc2)CCC1N. The molecule has 0 heterocycles. The number of benzene rings is 1. The Balaban J connectivity index is 1.94. The Morgan fingerprint density at radius 1 is 1.37 bits per heavy atom. The second kappa shape index (κ2) is 6.96. The van der Waals surface area contributed by atoms with Crippen LogP contribution in [0.5, 0.6) is 0 Å². The highest BCUT2D eigenvalue weighted by molar-refractivity contribution is 8.00. The van der Waals surface area contributed by atoms with Gasteiger partial charge in [0.1, 0.15) is 0 Å². The fourth-order valence-corrected chi connectivity index (χ4v) is 3.83. The van der Waals surface area contributed by atoms with Crippen LogP contribution in [0.4, 0.5) is 0 Å². The summed E-state index contributed by atoms with van der Waals surface area (Å²) in [5.74, 6) is 0.797. The first-order valence-electron chi connectivity index (χ1n) is 6.69. The molecule has 1 aliphatic rings. The average molecular weight is 279 g/mol. The molecule has 1 aromatic carbocycles. The van der Waals surface area contributed by atoms with Gasteiger partial charge in [0.05, 0.1) is 12.9 Å². The number of hydrogen-bond donors (Lipinski definition) is 1. The first-order valence-corrected chi connectivity index (χ1v) is 7.74. The van der Waals surface area contributed by atoms with E-state index in [9.17, 15) is 4.79 Å². The molecule has 0 saturated heterocycles. The fraction of sp³-hybridized carbons (Fsp3) is 0.533. The number of nitrogens with two attached hydrogens (primary N) is 1. The van der Waals surface area contributed by atoms with Gasteiger partial charge in [-0.15, -0.1) is 11.8 Å². The Kier molecular flexibility index (Phi) is 5.28. The zero-order valence-electron chi connectivity index (χ0n) is 11.2. The fourth-order valence-electron chi connectivity index (χ4n) is 2.61. The summed E-state index contributed by atoms with van der Waals surface area (Å²) in [6.07, 6.45) is 3.21. The van der Waals surface area contributed by atoms with Crippen LogP contribution in [-0.2, 0) is 9.53 Å².